The first-order valence-electron chi connectivity index (χ1n) is 22.3. The molecule has 9 aromatic carbocycles. The fourth-order valence-electron chi connectivity index (χ4n) is 11.1. The van der Waals surface area contributed by atoms with Crippen molar-refractivity contribution in [2.45, 2.75) is 38.5 Å². The third kappa shape index (κ3) is 5.17. The molecule has 306 valence electrons. The molecule has 0 N–H and O–H groups in total. The van der Waals surface area contributed by atoms with Crippen LogP contribution < -0.4 is 9.80 Å². The molecule has 0 atom stereocenters. The van der Waals surface area contributed by atoms with Crippen LogP contribution in [-0.2, 0) is 10.8 Å². The molecule has 0 bridgehead atoms. The van der Waals surface area contributed by atoms with Crippen molar-refractivity contribution >= 4 is 78.0 Å². The summed E-state index contributed by atoms with van der Waals surface area (Å²) in [6.07, 6.45) is 0. The highest BCUT2D eigenvalue weighted by Gasteiger charge is 2.40. The summed E-state index contributed by atoms with van der Waals surface area (Å²) < 4.78 is 12.9. The Balaban J connectivity index is 1.19. The number of fused-ring (bicyclic) bond motifs is 10. The molecule has 2 aliphatic rings. The Morgan fingerprint density at radius 2 is 0.609 bits per heavy atom. The number of rotatable bonds is 4. The van der Waals surface area contributed by atoms with Crippen LogP contribution in [0.1, 0.15) is 49.9 Å². The van der Waals surface area contributed by atoms with E-state index in [0.29, 0.717) is 0 Å². The molecule has 0 saturated heterocycles. The van der Waals surface area contributed by atoms with E-state index in [1.807, 2.05) is 12.1 Å². The Labute approximate surface area is 372 Å². The van der Waals surface area contributed by atoms with Crippen molar-refractivity contribution in [2.75, 3.05) is 9.80 Å². The van der Waals surface area contributed by atoms with Crippen LogP contribution in [0.4, 0.5) is 34.1 Å². The molecule has 11 aromatic rings. The predicted octanol–water partition coefficient (Wildman–Crippen LogP) is 17.0. The van der Waals surface area contributed by atoms with Crippen LogP contribution in [0.2, 0.25) is 0 Å². The fourth-order valence-corrected chi connectivity index (χ4v) is 11.1. The zero-order valence-corrected chi connectivity index (χ0v) is 36.2. The largest absolute Gasteiger partial charge is 0.456 e. The molecule has 0 saturated carbocycles. The Bertz CT molecular complexity index is 3370. The van der Waals surface area contributed by atoms with Crippen molar-refractivity contribution in [3.63, 3.8) is 0 Å². The van der Waals surface area contributed by atoms with Crippen LogP contribution in [0, 0.1) is 0 Å². The molecular weight excluding hydrogens is 781 g/mol. The van der Waals surface area contributed by atoms with E-state index in [0.717, 1.165) is 77.5 Å². The van der Waals surface area contributed by atoms with Gasteiger partial charge in [-0.3, -0.25) is 0 Å². The molecule has 13 rings (SSSR count). The first-order valence-corrected chi connectivity index (χ1v) is 22.3. The second-order valence-electron chi connectivity index (χ2n) is 18.5. The maximum Gasteiger partial charge on any atom is 0.135 e. The van der Waals surface area contributed by atoms with Gasteiger partial charge in [0.1, 0.15) is 22.3 Å². The van der Waals surface area contributed by atoms with Crippen LogP contribution in [0.5, 0.6) is 0 Å². The van der Waals surface area contributed by atoms with E-state index < -0.39 is 0 Å². The molecular formula is C60H44N2O2. The van der Waals surface area contributed by atoms with Gasteiger partial charge in [-0.15, -0.1) is 0 Å². The smallest absolute Gasteiger partial charge is 0.135 e. The minimum Gasteiger partial charge on any atom is -0.456 e. The average molecular weight is 825 g/mol. The predicted molar refractivity (Wildman–Crippen MR) is 265 cm³/mol. The third-order valence-electron chi connectivity index (χ3n) is 14.2. The Morgan fingerprint density at radius 3 is 0.984 bits per heavy atom. The molecule has 4 nitrogen and oxygen atoms in total. The summed E-state index contributed by atoms with van der Waals surface area (Å²) in [7, 11) is 0. The van der Waals surface area contributed by atoms with Crippen molar-refractivity contribution in [3.05, 3.63) is 216 Å². The van der Waals surface area contributed by atoms with Crippen molar-refractivity contribution in [2.24, 2.45) is 0 Å². The summed E-state index contributed by atoms with van der Waals surface area (Å²) in [6, 6.07) is 70.9. The van der Waals surface area contributed by atoms with E-state index in [-0.39, 0.29) is 10.8 Å². The summed E-state index contributed by atoms with van der Waals surface area (Å²) in [5.41, 5.74) is 19.6. The van der Waals surface area contributed by atoms with Crippen LogP contribution in [-0.4, -0.2) is 0 Å². The first kappa shape index (κ1) is 36.8. The number of hydrogen-bond donors (Lipinski definition) is 0. The zero-order chi connectivity index (χ0) is 42.9. The van der Waals surface area contributed by atoms with Gasteiger partial charge in [0.05, 0.1) is 34.1 Å². The monoisotopic (exact) mass is 824 g/mol. The van der Waals surface area contributed by atoms with Gasteiger partial charge in [-0.2, -0.15) is 0 Å². The summed E-state index contributed by atoms with van der Waals surface area (Å²) in [4.78, 5) is 5.03. The first-order chi connectivity index (χ1) is 31.3. The molecule has 4 heteroatoms. The summed E-state index contributed by atoms with van der Waals surface area (Å²) >= 11 is 0. The number of hydrogen-bond acceptors (Lipinski definition) is 4. The normalized spacial score (nSPS) is 14.8. The second-order valence-corrected chi connectivity index (χ2v) is 18.5. The molecule has 0 aliphatic carbocycles. The van der Waals surface area contributed by atoms with Crippen LogP contribution in [0.3, 0.4) is 0 Å². The van der Waals surface area contributed by atoms with Crippen LogP contribution in [0.25, 0.3) is 66.1 Å². The van der Waals surface area contributed by atoms with Gasteiger partial charge >= 0.3 is 0 Å². The van der Waals surface area contributed by atoms with Gasteiger partial charge in [0.25, 0.3) is 0 Å². The third-order valence-corrected chi connectivity index (χ3v) is 14.2. The number of anilines is 6. The maximum atomic E-state index is 6.43. The molecule has 0 spiro atoms. The van der Waals surface area contributed by atoms with Crippen molar-refractivity contribution in [3.8, 4) is 22.3 Å². The van der Waals surface area contributed by atoms with Gasteiger partial charge in [0, 0.05) is 43.5 Å². The number of para-hydroxylation sites is 6. The van der Waals surface area contributed by atoms with Gasteiger partial charge in [0.15, 0.2) is 0 Å². The van der Waals surface area contributed by atoms with Gasteiger partial charge < -0.3 is 18.6 Å². The Hall–Kier alpha value is -7.82. The number of benzene rings is 9. The van der Waals surface area contributed by atoms with Gasteiger partial charge in [0.2, 0.25) is 0 Å². The topological polar surface area (TPSA) is 32.8 Å². The van der Waals surface area contributed by atoms with E-state index >= 15 is 0 Å². The van der Waals surface area contributed by atoms with Crippen molar-refractivity contribution in [1.82, 2.24) is 0 Å². The summed E-state index contributed by atoms with van der Waals surface area (Å²) in [5.74, 6) is 0. The quantitative estimate of drug-likeness (QED) is 0.177. The molecule has 2 aliphatic heterocycles. The zero-order valence-electron chi connectivity index (χ0n) is 36.2. The lowest BCUT2D eigenvalue weighted by Gasteiger charge is -2.44. The average Bonchev–Trinajstić information content (AvgIpc) is 3.90. The molecule has 2 aromatic heterocycles. The SMILES string of the molecule is CC1(C)c2ccccc2N(c2cc(-c3ccc4oc5ccccc5c4c3)c(N3c4ccccc4C(C)(C)c4ccccc43)cc2-c2ccc3oc4ccccc4c3c2)c2ccccc21. The van der Waals surface area contributed by atoms with Crippen LogP contribution in [0.15, 0.2) is 203 Å². The van der Waals surface area contributed by atoms with E-state index in [1.165, 1.54) is 45.0 Å². The minimum absolute atomic E-state index is 0.220. The highest BCUT2D eigenvalue weighted by atomic mass is 16.3. The standard InChI is InChI=1S/C60H44N2O2/c1-59(2)45-19-7-11-23-49(45)61(50-24-12-8-20-46(50)59)53-35-42(38-30-32-58-44(34-38)40-18-6-16-28-56(40)64-58)54(36-41(53)37-29-31-57-43(33-37)39-17-5-15-27-55(39)63-57)62-51-25-13-9-21-47(51)60(3,4)48-22-10-14-26-52(48)62/h5-36H,1-4H3. The number of nitrogens with zero attached hydrogens (tertiary/aromatic N) is 2. The van der Waals surface area contributed by atoms with Gasteiger partial charge in [-0.25, -0.2) is 0 Å². The summed E-state index contributed by atoms with van der Waals surface area (Å²) in [6.45, 7) is 9.41. The highest BCUT2D eigenvalue weighted by molar-refractivity contribution is 6.10. The Morgan fingerprint density at radius 1 is 0.297 bits per heavy atom. The second kappa shape index (κ2) is 13.3. The lowest BCUT2D eigenvalue weighted by molar-refractivity contribution is 0.631. The fraction of sp³-hybridized carbons (Fsp3) is 0.100. The molecule has 4 heterocycles. The molecule has 64 heavy (non-hydrogen) atoms. The molecule has 0 unspecified atom stereocenters. The highest BCUT2D eigenvalue weighted by Crippen LogP contribution is 2.58. The lowest BCUT2D eigenvalue weighted by atomic mass is 9.73. The molecule has 0 amide bonds. The molecule has 0 radical (unpaired) electrons. The van der Waals surface area contributed by atoms with Gasteiger partial charge in [-0.05, 0) is 106 Å². The van der Waals surface area contributed by atoms with Gasteiger partial charge in [-0.1, -0.05) is 149 Å². The molecule has 0 fully saturated rings. The van der Waals surface area contributed by atoms with Crippen LogP contribution >= 0.6 is 0 Å². The van der Waals surface area contributed by atoms with E-state index in [2.05, 4.69) is 219 Å². The lowest BCUT2D eigenvalue weighted by Crippen LogP contribution is -2.31. The van der Waals surface area contributed by atoms with Crippen molar-refractivity contribution < 1.29 is 8.83 Å². The van der Waals surface area contributed by atoms with Crippen molar-refractivity contribution in [1.29, 1.82) is 0 Å². The van der Waals surface area contributed by atoms with E-state index in [4.69, 9.17) is 8.83 Å². The van der Waals surface area contributed by atoms with E-state index in [9.17, 15) is 0 Å². The number of furan rings is 2. The Kier molecular flexibility index (Phi) is 7.67. The maximum absolute atomic E-state index is 6.43. The minimum atomic E-state index is -0.220. The summed E-state index contributed by atoms with van der Waals surface area (Å²) in [5, 5.41) is 4.40. The van der Waals surface area contributed by atoms with E-state index in [1.54, 1.807) is 0 Å².